The molecule has 0 fully saturated rings. The number of halogens is 3. The standard InChI is InChI=1S/C26H19F3N2O/c1-2-3-10-32-22-15-30-26(31-16-22)20-9-8-18(23(27)13-20)6-4-17-5-7-19-12-24(28)25(29)14-21(19)11-17/h5,7-9,11-16H,2-3,10H2,1H3. The van der Waals surface area contributed by atoms with Crippen LogP contribution >= 0.6 is 0 Å². The average Bonchev–Trinajstić information content (AvgIpc) is 2.80. The van der Waals surface area contributed by atoms with Crippen LogP contribution in [0.1, 0.15) is 30.9 Å². The van der Waals surface area contributed by atoms with E-state index in [-0.39, 0.29) is 5.56 Å². The Morgan fingerprint density at radius 1 is 0.812 bits per heavy atom. The lowest BCUT2D eigenvalue weighted by Crippen LogP contribution is -1.98. The number of fused-ring (bicyclic) bond motifs is 1. The summed E-state index contributed by atoms with van der Waals surface area (Å²) in [5, 5.41) is 1.08. The molecule has 0 N–H and O–H groups in total. The highest BCUT2D eigenvalue weighted by Gasteiger charge is 2.07. The second-order valence-corrected chi connectivity index (χ2v) is 7.22. The number of benzene rings is 3. The van der Waals surface area contributed by atoms with Crippen LogP contribution in [0.25, 0.3) is 22.2 Å². The molecule has 3 aromatic carbocycles. The SMILES string of the molecule is CCCCOc1cnc(-c2ccc(C#Cc3ccc4cc(F)c(F)cc4c3)c(F)c2)nc1. The summed E-state index contributed by atoms with van der Waals surface area (Å²) in [6.45, 7) is 2.68. The van der Waals surface area contributed by atoms with Crippen molar-refractivity contribution in [2.75, 3.05) is 6.61 Å². The van der Waals surface area contributed by atoms with Gasteiger partial charge in [0.25, 0.3) is 0 Å². The maximum absolute atomic E-state index is 14.6. The molecule has 4 rings (SSSR count). The van der Waals surface area contributed by atoms with E-state index in [4.69, 9.17) is 4.74 Å². The van der Waals surface area contributed by atoms with Gasteiger partial charge in [0.15, 0.2) is 23.2 Å². The molecule has 0 aliphatic heterocycles. The maximum atomic E-state index is 14.6. The second-order valence-electron chi connectivity index (χ2n) is 7.22. The normalized spacial score (nSPS) is 10.6. The van der Waals surface area contributed by atoms with Crippen LogP contribution in [-0.4, -0.2) is 16.6 Å². The molecule has 160 valence electrons. The molecule has 0 aliphatic rings. The van der Waals surface area contributed by atoms with E-state index >= 15 is 0 Å². The van der Waals surface area contributed by atoms with Crippen molar-refractivity contribution in [3.8, 4) is 29.0 Å². The number of aromatic nitrogens is 2. The molecule has 0 aliphatic carbocycles. The Hall–Kier alpha value is -3.85. The van der Waals surface area contributed by atoms with Crippen molar-refractivity contribution in [3.05, 3.63) is 89.5 Å². The van der Waals surface area contributed by atoms with E-state index in [1.165, 1.54) is 6.07 Å². The highest BCUT2D eigenvalue weighted by molar-refractivity contribution is 5.84. The summed E-state index contributed by atoms with van der Waals surface area (Å²) in [5.74, 6) is 4.27. The summed E-state index contributed by atoms with van der Waals surface area (Å²) in [4.78, 5) is 8.48. The minimum Gasteiger partial charge on any atom is -0.490 e. The van der Waals surface area contributed by atoms with Gasteiger partial charge in [-0.15, -0.1) is 0 Å². The zero-order valence-corrected chi connectivity index (χ0v) is 17.3. The molecule has 0 spiro atoms. The molecule has 32 heavy (non-hydrogen) atoms. The fourth-order valence-corrected chi connectivity index (χ4v) is 3.09. The van der Waals surface area contributed by atoms with Gasteiger partial charge in [0.1, 0.15) is 5.82 Å². The second kappa shape index (κ2) is 9.52. The van der Waals surface area contributed by atoms with Crippen LogP contribution in [0.15, 0.2) is 60.9 Å². The quantitative estimate of drug-likeness (QED) is 0.275. The van der Waals surface area contributed by atoms with Crippen molar-refractivity contribution in [1.82, 2.24) is 9.97 Å². The molecule has 0 amide bonds. The van der Waals surface area contributed by atoms with Gasteiger partial charge in [-0.25, -0.2) is 23.1 Å². The van der Waals surface area contributed by atoms with E-state index in [9.17, 15) is 13.2 Å². The third-order valence-corrected chi connectivity index (χ3v) is 4.84. The third kappa shape index (κ3) is 4.89. The molecule has 0 saturated carbocycles. The first kappa shape index (κ1) is 21.4. The van der Waals surface area contributed by atoms with Crippen LogP contribution in [0.3, 0.4) is 0 Å². The molecule has 3 nitrogen and oxygen atoms in total. The van der Waals surface area contributed by atoms with Gasteiger partial charge in [-0.05, 0) is 59.7 Å². The molecular weight excluding hydrogens is 413 g/mol. The Bertz CT molecular complexity index is 1320. The van der Waals surface area contributed by atoms with Gasteiger partial charge in [-0.2, -0.15) is 0 Å². The molecule has 0 unspecified atom stereocenters. The van der Waals surface area contributed by atoms with E-state index in [2.05, 4.69) is 28.7 Å². The van der Waals surface area contributed by atoms with E-state index in [0.717, 1.165) is 25.0 Å². The van der Waals surface area contributed by atoms with Crippen molar-refractivity contribution in [3.63, 3.8) is 0 Å². The zero-order chi connectivity index (χ0) is 22.5. The molecule has 1 aromatic heterocycles. The average molecular weight is 432 g/mol. The van der Waals surface area contributed by atoms with Crippen LogP contribution < -0.4 is 4.74 Å². The number of rotatable bonds is 5. The molecule has 0 atom stereocenters. The summed E-state index contributed by atoms with van der Waals surface area (Å²) in [6, 6.07) is 11.8. The number of nitrogens with zero attached hydrogens (tertiary/aromatic N) is 2. The third-order valence-electron chi connectivity index (χ3n) is 4.84. The molecular formula is C26H19F3N2O. The summed E-state index contributed by atoms with van der Waals surface area (Å²) in [6.07, 6.45) is 5.12. The summed E-state index contributed by atoms with van der Waals surface area (Å²) in [5.41, 5.74) is 1.30. The predicted molar refractivity (Wildman–Crippen MR) is 118 cm³/mol. The van der Waals surface area contributed by atoms with Crippen molar-refractivity contribution in [1.29, 1.82) is 0 Å². The smallest absolute Gasteiger partial charge is 0.159 e. The van der Waals surface area contributed by atoms with Crippen LogP contribution in [0.5, 0.6) is 5.75 Å². The fraction of sp³-hybridized carbons (Fsp3) is 0.154. The molecule has 4 aromatic rings. The minimum atomic E-state index is -0.924. The van der Waals surface area contributed by atoms with Crippen molar-refractivity contribution < 1.29 is 17.9 Å². The van der Waals surface area contributed by atoms with Gasteiger partial charge in [0.2, 0.25) is 0 Å². The number of unbranched alkanes of at least 4 members (excludes halogenated alkanes) is 1. The molecule has 0 radical (unpaired) electrons. The highest BCUT2D eigenvalue weighted by atomic mass is 19.2. The summed E-state index contributed by atoms with van der Waals surface area (Å²) in [7, 11) is 0. The molecule has 1 heterocycles. The Labute approximate surface area is 183 Å². The Morgan fingerprint density at radius 3 is 2.28 bits per heavy atom. The Kier molecular flexibility index (Phi) is 6.37. The lowest BCUT2D eigenvalue weighted by Gasteiger charge is -2.06. The molecule has 0 saturated heterocycles. The minimum absolute atomic E-state index is 0.207. The van der Waals surface area contributed by atoms with Crippen LogP contribution in [0.4, 0.5) is 13.2 Å². The molecule has 0 bridgehead atoms. The molecule has 6 heteroatoms. The predicted octanol–water partition coefficient (Wildman–Crippen LogP) is 6.29. The topological polar surface area (TPSA) is 35.0 Å². The van der Waals surface area contributed by atoms with E-state index in [0.29, 0.717) is 40.1 Å². The van der Waals surface area contributed by atoms with E-state index in [1.54, 1.807) is 42.7 Å². The first-order chi connectivity index (χ1) is 15.5. The summed E-state index contributed by atoms with van der Waals surface area (Å²) < 4.78 is 47.0. The first-order valence-corrected chi connectivity index (χ1v) is 10.2. The van der Waals surface area contributed by atoms with Crippen molar-refractivity contribution in [2.24, 2.45) is 0 Å². The van der Waals surface area contributed by atoms with Crippen LogP contribution in [0.2, 0.25) is 0 Å². The Morgan fingerprint density at radius 2 is 1.56 bits per heavy atom. The van der Waals surface area contributed by atoms with Gasteiger partial charge in [-0.1, -0.05) is 31.3 Å². The van der Waals surface area contributed by atoms with Gasteiger partial charge in [-0.3, -0.25) is 0 Å². The van der Waals surface area contributed by atoms with Crippen molar-refractivity contribution in [2.45, 2.75) is 19.8 Å². The summed E-state index contributed by atoms with van der Waals surface area (Å²) >= 11 is 0. The van der Waals surface area contributed by atoms with Gasteiger partial charge in [0.05, 0.1) is 24.6 Å². The maximum Gasteiger partial charge on any atom is 0.159 e. The van der Waals surface area contributed by atoms with E-state index in [1.807, 2.05) is 0 Å². The van der Waals surface area contributed by atoms with E-state index < -0.39 is 17.5 Å². The van der Waals surface area contributed by atoms with Crippen molar-refractivity contribution >= 4 is 10.8 Å². The number of ether oxygens (including phenoxy) is 1. The number of hydrogen-bond acceptors (Lipinski definition) is 3. The van der Waals surface area contributed by atoms with Gasteiger partial charge >= 0.3 is 0 Å². The fourth-order valence-electron chi connectivity index (χ4n) is 3.09. The monoisotopic (exact) mass is 432 g/mol. The first-order valence-electron chi connectivity index (χ1n) is 10.2. The lowest BCUT2D eigenvalue weighted by molar-refractivity contribution is 0.307. The van der Waals surface area contributed by atoms with Gasteiger partial charge < -0.3 is 4.74 Å². The largest absolute Gasteiger partial charge is 0.490 e. The highest BCUT2D eigenvalue weighted by Crippen LogP contribution is 2.21. The number of hydrogen-bond donors (Lipinski definition) is 0. The lowest BCUT2D eigenvalue weighted by atomic mass is 10.1. The van der Waals surface area contributed by atoms with Gasteiger partial charge in [0, 0.05) is 11.1 Å². The van der Waals surface area contributed by atoms with Crippen LogP contribution in [0, 0.1) is 29.3 Å². The van der Waals surface area contributed by atoms with Crippen LogP contribution in [-0.2, 0) is 0 Å². The Balaban J connectivity index is 1.53. The zero-order valence-electron chi connectivity index (χ0n) is 17.3.